The second-order valence-corrected chi connectivity index (χ2v) is 3.54. The Balaban J connectivity index is 2.29. The first-order chi connectivity index (χ1) is 5.68. The standard InChI is InChI=1S/C10H16O2/c1-8-3-5-10(6-4-8)12-7-9(2)11/h5,8H,3-4,6-7H2,1-2H3. The highest BCUT2D eigenvalue weighted by molar-refractivity contribution is 5.76. The molecule has 1 aliphatic rings. The summed E-state index contributed by atoms with van der Waals surface area (Å²) in [4.78, 5) is 10.6. The van der Waals surface area contributed by atoms with E-state index in [0.29, 0.717) is 0 Å². The van der Waals surface area contributed by atoms with E-state index in [1.807, 2.05) is 0 Å². The van der Waals surface area contributed by atoms with Crippen molar-refractivity contribution in [2.24, 2.45) is 5.92 Å². The number of carbonyl (C=O) groups is 1. The number of rotatable bonds is 3. The molecule has 0 N–H and O–H groups in total. The number of allylic oxidation sites excluding steroid dienone is 2. The summed E-state index contributed by atoms with van der Waals surface area (Å²) >= 11 is 0. The molecule has 12 heavy (non-hydrogen) atoms. The molecular weight excluding hydrogens is 152 g/mol. The van der Waals surface area contributed by atoms with E-state index in [2.05, 4.69) is 13.0 Å². The van der Waals surface area contributed by atoms with Crippen molar-refractivity contribution in [1.29, 1.82) is 0 Å². The summed E-state index contributed by atoms with van der Waals surface area (Å²) in [5.74, 6) is 1.87. The summed E-state index contributed by atoms with van der Waals surface area (Å²) < 4.78 is 5.30. The quantitative estimate of drug-likeness (QED) is 0.646. The van der Waals surface area contributed by atoms with Crippen LogP contribution >= 0.6 is 0 Å². The summed E-state index contributed by atoms with van der Waals surface area (Å²) in [6, 6.07) is 0. The van der Waals surface area contributed by atoms with E-state index in [0.717, 1.165) is 24.5 Å². The molecule has 0 radical (unpaired) electrons. The largest absolute Gasteiger partial charge is 0.491 e. The molecule has 2 nitrogen and oxygen atoms in total. The van der Waals surface area contributed by atoms with Crippen LogP contribution in [0.4, 0.5) is 0 Å². The second-order valence-electron chi connectivity index (χ2n) is 3.54. The third kappa shape index (κ3) is 3.07. The van der Waals surface area contributed by atoms with Crippen molar-refractivity contribution in [1.82, 2.24) is 0 Å². The smallest absolute Gasteiger partial charge is 0.167 e. The second kappa shape index (κ2) is 4.29. The zero-order valence-electron chi connectivity index (χ0n) is 7.80. The van der Waals surface area contributed by atoms with E-state index < -0.39 is 0 Å². The summed E-state index contributed by atoms with van der Waals surface area (Å²) in [5, 5.41) is 0. The van der Waals surface area contributed by atoms with Crippen LogP contribution in [0.3, 0.4) is 0 Å². The first-order valence-corrected chi connectivity index (χ1v) is 4.49. The SMILES string of the molecule is CC(=O)COC1=CCC(C)CC1. The van der Waals surface area contributed by atoms with Crippen LogP contribution in [-0.2, 0) is 9.53 Å². The van der Waals surface area contributed by atoms with Crippen molar-refractivity contribution in [3.63, 3.8) is 0 Å². The molecule has 0 saturated carbocycles. The van der Waals surface area contributed by atoms with Gasteiger partial charge in [0.2, 0.25) is 0 Å². The van der Waals surface area contributed by atoms with Gasteiger partial charge in [-0.15, -0.1) is 0 Å². The highest BCUT2D eigenvalue weighted by Crippen LogP contribution is 2.23. The lowest BCUT2D eigenvalue weighted by Crippen LogP contribution is -2.08. The highest BCUT2D eigenvalue weighted by Gasteiger charge is 2.10. The Morgan fingerprint density at radius 1 is 1.75 bits per heavy atom. The first kappa shape index (κ1) is 9.30. The Bertz CT molecular complexity index is 194. The van der Waals surface area contributed by atoms with Crippen molar-refractivity contribution in [2.45, 2.75) is 33.1 Å². The molecule has 0 saturated heterocycles. The van der Waals surface area contributed by atoms with Gasteiger partial charge in [0.15, 0.2) is 5.78 Å². The number of hydrogen-bond donors (Lipinski definition) is 0. The van der Waals surface area contributed by atoms with Gasteiger partial charge in [0.05, 0.1) is 5.76 Å². The minimum Gasteiger partial charge on any atom is -0.491 e. The molecule has 1 aliphatic carbocycles. The molecule has 1 rings (SSSR count). The molecule has 0 aromatic carbocycles. The van der Waals surface area contributed by atoms with Gasteiger partial charge < -0.3 is 4.74 Å². The Morgan fingerprint density at radius 2 is 2.50 bits per heavy atom. The molecular formula is C10H16O2. The maximum absolute atomic E-state index is 10.6. The maximum Gasteiger partial charge on any atom is 0.167 e. The molecule has 0 spiro atoms. The van der Waals surface area contributed by atoms with Crippen LogP contribution in [0.25, 0.3) is 0 Å². The number of carbonyl (C=O) groups excluding carboxylic acids is 1. The fourth-order valence-corrected chi connectivity index (χ4v) is 1.27. The van der Waals surface area contributed by atoms with Gasteiger partial charge in [0.25, 0.3) is 0 Å². The van der Waals surface area contributed by atoms with Gasteiger partial charge in [-0.3, -0.25) is 4.79 Å². The minimum absolute atomic E-state index is 0.0921. The van der Waals surface area contributed by atoms with Crippen LogP contribution in [0.5, 0.6) is 0 Å². The van der Waals surface area contributed by atoms with Gasteiger partial charge in [0.1, 0.15) is 6.61 Å². The fraction of sp³-hybridized carbons (Fsp3) is 0.700. The number of ether oxygens (including phenoxy) is 1. The normalized spacial score (nSPS) is 23.2. The minimum atomic E-state index is 0.0921. The predicted molar refractivity (Wildman–Crippen MR) is 47.7 cm³/mol. The zero-order valence-corrected chi connectivity index (χ0v) is 7.80. The first-order valence-electron chi connectivity index (χ1n) is 4.49. The predicted octanol–water partition coefficient (Wildman–Crippen LogP) is 2.30. The lowest BCUT2D eigenvalue weighted by molar-refractivity contribution is -0.120. The summed E-state index contributed by atoms with van der Waals surface area (Å²) in [6.07, 6.45) is 5.38. The Kier molecular flexibility index (Phi) is 3.32. The van der Waals surface area contributed by atoms with E-state index in [4.69, 9.17) is 4.74 Å². The van der Waals surface area contributed by atoms with E-state index in [9.17, 15) is 4.79 Å². The van der Waals surface area contributed by atoms with E-state index in [1.54, 1.807) is 6.92 Å². The van der Waals surface area contributed by atoms with Crippen molar-refractivity contribution in [3.05, 3.63) is 11.8 Å². The van der Waals surface area contributed by atoms with E-state index in [1.165, 1.54) is 6.42 Å². The molecule has 68 valence electrons. The molecule has 0 heterocycles. The summed E-state index contributed by atoms with van der Waals surface area (Å²) in [7, 11) is 0. The molecule has 0 bridgehead atoms. The maximum atomic E-state index is 10.6. The summed E-state index contributed by atoms with van der Waals surface area (Å²) in [6.45, 7) is 4.02. The van der Waals surface area contributed by atoms with Crippen molar-refractivity contribution in [2.75, 3.05) is 6.61 Å². The number of Topliss-reactive ketones (excluding diaryl/α,β-unsaturated/α-hetero) is 1. The van der Waals surface area contributed by atoms with Crippen LogP contribution < -0.4 is 0 Å². The molecule has 1 atom stereocenters. The Labute approximate surface area is 73.6 Å². The zero-order chi connectivity index (χ0) is 8.97. The van der Waals surface area contributed by atoms with Crippen LogP contribution in [0, 0.1) is 5.92 Å². The fourth-order valence-electron chi connectivity index (χ4n) is 1.27. The molecule has 0 aliphatic heterocycles. The Morgan fingerprint density at radius 3 is 3.00 bits per heavy atom. The van der Waals surface area contributed by atoms with E-state index >= 15 is 0 Å². The number of hydrogen-bond acceptors (Lipinski definition) is 2. The molecule has 0 fully saturated rings. The monoisotopic (exact) mass is 168 g/mol. The van der Waals surface area contributed by atoms with Crippen molar-refractivity contribution in [3.8, 4) is 0 Å². The van der Waals surface area contributed by atoms with Gasteiger partial charge in [-0.2, -0.15) is 0 Å². The lowest BCUT2D eigenvalue weighted by atomic mass is 9.95. The molecule has 1 unspecified atom stereocenters. The average molecular weight is 168 g/mol. The third-order valence-electron chi connectivity index (χ3n) is 2.09. The van der Waals surface area contributed by atoms with Crippen molar-refractivity contribution >= 4 is 5.78 Å². The van der Waals surface area contributed by atoms with Gasteiger partial charge >= 0.3 is 0 Å². The summed E-state index contributed by atoms with van der Waals surface area (Å²) in [5.41, 5.74) is 0. The molecule has 0 aromatic heterocycles. The Hall–Kier alpha value is -0.790. The lowest BCUT2D eigenvalue weighted by Gasteiger charge is -2.17. The van der Waals surface area contributed by atoms with Gasteiger partial charge in [0, 0.05) is 6.42 Å². The van der Waals surface area contributed by atoms with Crippen molar-refractivity contribution < 1.29 is 9.53 Å². The molecule has 2 heteroatoms. The topological polar surface area (TPSA) is 26.3 Å². The van der Waals surface area contributed by atoms with Crippen LogP contribution in [0.2, 0.25) is 0 Å². The molecule has 0 amide bonds. The third-order valence-corrected chi connectivity index (χ3v) is 2.09. The van der Waals surface area contributed by atoms with Crippen LogP contribution in [0.15, 0.2) is 11.8 Å². The van der Waals surface area contributed by atoms with Gasteiger partial charge in [-0.25, -0.2) is 0 Å². The highest BCUT2D eigenvalue weighted by atomic mass is 16.5. The average Bonchev–Trinajstić information content (AvgIpc) is 2.03. The van der Waals surface area contributed by atoms with Gasteiger partial charge in [-0.05, 0) is 31.8 Å². The molecule has 0 aromatic rings. The van der Waals surface area contributed by atoms with Gasteiger partial charge in [-0.1, -0.05) is 6.92 Å². The van der Waals surface area contributed by atoms with E-state index in [-0.39, 0.29) is 12.4 Å². The number of ketones is 1. The van der Waals surface area contributed by atoms with Crippen LogP contribution in [0.1, 0.15) is 33.1 Å². The van der Waals surface area contributed by atoms with Crippen LogP contribution in [-0.4, -0.2) is 12.4 Å².